The summed E-state index contributed by atoms with van der Waals surface area (Å²) in [5.41, 5.74) is 5.01. The van der Waals surface area contributed by atoms with Gasteiger partial charge in [-0.25, -0.2) is 0 Å². The van der Waals surface area contributed by atoms with Gasteiger partial charge in [-0.05, 0) is 53.4 Å². The van der Waals surface area contributed by atoms with Crippen LogP contribution in [0.2, 0.25) is 0 Å². The number of amides is 2. The number of methoxy groups -OCH3 is 1. The zero-order valence-electron chi connectivity index (χ0n) is 22.6. The van der Waals surface area contributed by atoms with Gasteiger partial charge in [0.2, 0.25) is 0 Å². The topological polar surface area (TPSA) is 95.9 Å². The van der Waals surface area contributed by atoms with Gasteiger partial charge in [0.15, 0.2) is 0 Å². The van der Waals surface area contributed by atoms with Crippen LogP contribution in [0.3, 0.4) is 0 Å². The maximum atomic E-state index is 13.9. The van der Waals surface area contributed by atoms with Crippen molar-refractivity contribution in [1.82, 2.24) is 10.2 Å². The van der Waals surface area contributed by atoms with E-state index in [4.69, 9.17) is 4.74 Å². The molecule has 0 heterocycles. The second-order valence-electron chi connectivity index (χ2n) is 9.48. The third-order valence-electron chi connectivity index (χ3n) is 6.57. The lowest BCUT2D eigenvalue weighted by Crippen LogP contribution is -2.33. The van der Waals surface area contributed by atoms with Crippen molar-refractivity contribution in [2.75, 3.05) is 13.7 Å². The number of nitrogens with one attached hydrogen (secondary N) is 1. The molecule has 40 heavy (non-hydrogen) atoms. The number of aryl methyl sites for hydroxylation is 1. The fourth-order valence-corrected chi connectivity index (χ4v) is 4.52. The van der Waals surface area contributed by atoms with Crippen molar-refractivity contribution in [3.8, 4) is 16.9 Å². The van der Waals surface area contributed by atoms with Crippen molar-refractivity contribution in [2.24, 2.45) is 0 Å². The molecule has 0 fully saturated rings. The van der Waals surface area contributed by atoms with Gasteiger partial charge in [0, 0.05) is 30.8 Å². The summed E-state index contributed by atoms with van der Waals surface area (Å²) in [5.74, 6) is -0.866. The van der Waals surface area contributed by atoms with Crippen molar-refractivity contribution in [1.29, 1.82) is 0 Å². The highest BCUT2D eigenvalue weighted by Crippen LogP contribution is 2.29. The van der Waals surface area contributed by atoms with Crippen molar-refractivity contribution in [3.05, 3.63) is 125 Å². The lowest BCUT2D eigenvalue weighted by molar-refractivity contribution is -0.137. The molecule has 4 aromatic carbocycles. The van der Waals surface area contributed by atoms with Crippen LogP contribution < -0.4 is 10.1 Å². The smallest absolute Gasteiger partial charge is 0.305 e. The van der Waals surface area contributed by atoms with Crippen molar-refractivity contribution >= 4 is 17.8 Å². The minimum atomic E-state index is -0.989. The quantitative estimate of drug-likeness (QED) is 0.256. The lowest BCUT2D eigenvalue weighted by atomic mass is 9.94. The molecule has 0 radical (unpaired) electrons. The van der Waals surface area contributed by atoms with Crippen molar-refractivity contribution in [2.45, 2.75) is 26.4 Å². The van der Waals surface area contributed by atoms with Crippen LogP contribution in [0.5, 0.6) is 5.75 Å². The number of carboxylic acid groups (broad SMARTS) is 1. The Morgan fingerprint density at radius 1 is 0.800 bits per heavy atom. The molecule has 0 aliphatic rings. The molecule has 0 unspecified atom stereocenters. The number of carboxylic acids is 1. The van der Waals surface area contributed by atoms with E-state index in [9.17, 15) is 19.5 Å². The van der Waals surface area contributed by atoms with Gasteiger partial charge in [0.25, 0.3) is 11.8 Å². The molecule has 0 saturated heterocycles. The number of nitrogens with zero attached hydrogens (tertiary/aromatic N) is 1. The molecule has 204 valence electrons. The summed E-state index contributed by atoms with van der Waals surface area (Å²) in [5, 5.41) is 12.3. The first-order chi connectivity index (χ1) is 19.4. The Bertz CT molecular complexity index is 1500. The van der Waals surface area contributed by atoms with Crippen LogP contribution >= 0.6 is 0 Å². The standard InChI is InChI=1S/C33H32N2O5/c1-23-8-7-9-25(20-23)21-34-32(38)29-12-5-3-10-27(29)28-11-4-6-13-30(28)33(39)35(19-18-31(36)37)22-24-14-16-26(40-2)17-15-24/h3-17,20H,18-19,21-22H2,1-2H3,(H,34,38)(H,36,37). The average molecular weight is 537 g/mol. The number of rotatable bonds is 11. The minimum Gasteiger partial charge on any atom is -0.497 e. The molecule has 4 aromatic rings. The fourth-order valence-electron chi connectivity index (χ4n) is 4.52. The van der Waals surface area contributed by atoms with E-state index < -0.39 is 5.97 Å². The van der Waals surface area contributed by atoms with E-state index in [1.807, 2.05) is 67.6 Å². The number of aliphatic carboxylic acids is 1. The lowest BCUT2D eigenvalue weighted by Gasteiger charge is -2.24. The van der Waals surface area contributed by atoms with Crippen LogP contribution in [-0.4, -0.2) is 41.4 Å². The van der Waals surface area contributed by atoms with E-state index in [0.717, 1.165) is 16.7 Å². The van der Waals surface area contributed by atoms with Crippen LogP contribution in [0.4, 0.5) is 0 Å². The molecular weight excluding hydrogens is 504 g/mol. The first-order valence-corrected chi connectivity index (χ1v) is 13.0. The molecule has 0 aliphatic heterocycles. The van der Waals surface area contributed by atoms with Gasteiger partial charge >= 0.3 is 5.97 Å². The molecular formula is C33H32N2O5. The molecule has 0 atom stereocenters. The van der Waals surface area contributed by atoms with Crippen LogP contribution in [0.25, 0.3) is 11.1 Å². The Hall–Kier alpha value is -4.91. The number of hydrogen-bond acceptors (Lipinski definition) is 4. The monoisotopic (exact) mass is 536 g/mol. The van der Waals surface area contributed by atoms with Crippen molar-refractivity contribution in [3.63, 3.8) is 0 Å². The number of hydrogen-bond donors (Lipinski definition) is 2. The van der Waals surface area contributed by atoms with Crippen LogP contribution in [-0.2, 0) is 17.9 Å². The number of carbonyl (C=O) groups excluding carboxylic acids is 2. The SMILES string of the molecule is COc1ccc(CN(CCC(=O)O)C(=O)c2ccccc2-c2ccccc2C(=O)NCc2cccc(C)c2)cc1. The van der Waals surface area contributed by atoms with Gasteiger partial charge in [-0.3, -0.25) is 14.4 Å². The van der Waals surface area contributed by atoms with E-state index in [1.165, 1.54) is 4.90 Å². The molecule has 7 nitrogen and oxygen atoms in total. The van der Waals surface area contributed by atoms with Crippen LogP contribution in [0.1, 0.15) is 43.8 Å². The van der Waals surface area contributed by atoms with E-state index in [-0.39, 0.29) is 31.3 Å². The molecule has 7 heteroatoms. The van der Waals surface area contributed by atoms with Gasteiger partial charge in [-0.15, -0.1) is 0 Å². The number of carbonyl (C=O) groups is 3. The second kappa shape index (κ2) is 13.2. The summed E-state index contributed by atoms with van der Waals surface area (Å²) >= 11 is 0. The zero-order chi connectivity index (χ0) is 28.5. The average Bonchev–Trinajstić information content (AvgIpc) is 2.98. The maximum absolute atomic E-state index is 13.9. The third-order valence-corrected chi connectivity index (χ3v) is 6.57. The third kappa shape index (κ3) is 7.14. The Kier molecular flexibility index (Phi) is 9.31. The normalized spacial score (nSPS) is 10.6. The summed E-state index contributed by atoms with van der Waals surface area (Å²) in [7, 11) is 1.58. The molecule has 2 amide bonds. The predicted molar refractivity (Wildman–Crippen MR) is 154 cm³/mol. The summed E-state index contributed by atoms with van der Waals surface area (Å²) in [6.07, 6.45) is -0.192. The van der Waals surface area contributed by atoms with Gasteiger partial charge in [-0.1, -0.05) is 78.4 Å². The molecule has 0 aromatic heterocycles. The number of benzene rings is 4. The first-order valence-electron chi connectivity index (χ1n) is 13.0. The first kappa shape index (κ1) is 28.1. The Morgan fingerprint density at radius 3 is 2.10 bits per heavy atom. The molecule has 0 aliphatic carbocycles. The minimum absolute atomic E-state index is 0.0349. The van der Waals surface area contributed by atoms with Crippen molar-refractivity contribution < 1.29 is 24.2 Å². The fraction of sp³-hybridized carbons (Fsp3) is 0.182. The molecule has 2 N–H and O–H groups in total. The predicted octanol–water partition coefficient (Wildman–Crippen LogP) is 5.72. The Labute approximate surface area is 234 Å². The van der Waals surface area contributed by atoms with Gasteiger partial charge < -0.3 is 20.1 Å². The molecule has 0 bridgehead atoms. The zero-order valence-corrected chi connectivity index (χ0v) is 22.6. The highest BCUT2D eigenvalue weighted by atomic mass is 16.5. The second-order valence-corrected chi connectivity index (χ2v) is 9.48. The van der Waals surface area contributed by atoms with Crippen LogP contribution in [0.15, 0.2) is 97.1 Å². The van der Waals surface area contributed by atoms with Gasteiger partial charge in [0.1, 0.15) is 5.75 Å². The van der Waals surface area contributed by atoms with Gasteiger partial charge in [-0.2, -0.15) is 0 Å². The van der Waals surface area contributed by atoms with Crippen LogP contribution in [0, 0.1) is 6.92 Å². The Balaban J connectivity index is 1.63. The maximum Gasteiger partial charge on any atom is 0.305 e. The highest BCUT2D eigenvalue weighted by Gasteiger charge is 2.23. The summed E-state index contributed by atoms with van der Waals surface area (Å²) in [6.45, 7) is 2.64. The largest absolute Gasteiger partial charge is 0.497 e. The van der Waals surface area contributed by atoms with E-state index >= 15 is 0 Å². The molecule has 4 rings (SSSR count). The molecule has 0 saturated carbocycles. The summed E-state index contributed by atoms with van der Waals surface area (Å²) in [6, 6.07) is 29.5. The van der Waals surface area contributed by atoms with E-state index in [2.05, 4.69) is 5.32 Å². The Morgan fingerprint density at radius 2 is 1.45 bits per heavy atom. The van der Waals surface area contributed by atoms with E-state index in [1.54, 1.807) is 43.5 Å². The summed E-state index contributed by atoms with van der Waals surface area (Å²) < 4.78 is 5.22. The summed E-state index contributed by atoms with van der Waals surface area (Å²) in [4.78, 5) is 40.1. The molecule has 0 spiro atoms. The van der Waals surface area contributed by atoms with E-state index in [0.29, 0.717) is 34.5 Å². The highest BCUT2D eigenvalue weighted by molar-refractivity contribution is 6.06. The number of ether oxygens (including phenoxy) is 1. The van der Waals surface area contributed by atoms with Gasteiger partial charge in [0.05, 0.1) is 13.5 Å².